The molecule has 2 aromatic rings. The summed E-state index contributed by atoms with van der Waals surface area (Å²) in [6, 6.07) is 10.6. The molecular formula is C15H20N2S. The molecule has 0 aliphatic heterocycles. The third kappa shape index (κ3) is 2.91. The maximum atomic E-state index is 5.41. The van der Waals surface area contributed by atoms with Crippen LogP contribution in [0.2, 0.25) is 0 Å². The van der Waals surface area contributed by atoms with Crippen LogP contribution in [0, 0.1) is 11.6 Å². The highest BCUT2D eigenvalue weighted by Gasteiger charge is 2.16. The van der Waals surface area contributed by atoms with Crippen LogP contribution in [0.3, 0.4) is 0 Å². The summed E-state index contributed by atoms with van der Waals surface area (Å²) < 4.78 is 2.89. The Morgan fingerprint density at radius 3 is 2.50 bits per heavy atom. The average molecular weight is 260 g/mol. The van der Waals surface area contributed by atoms with Gasteiger partial charge in [-0.2, -0.15) is 0 Å². The van der Waals surface area contributed by atoms with Crippen molar-refractivity contribution in [3.8, 4) is 0 Å². The summed E-state index contributed by atoms with van der Waals surface area (Å²) in [5.74, 6) is 0. The van der Waals surface area contributed by atoms with E-state index in [1.54, 1.807) is 0 Å². The van der Waals surface area contributed by atoms with Crippen molar-refractivity contribution < 1.29 is 0 Å². The van der Waals surface area contributed by atoms with Crippen LogP contribution < -0.4 is 0 Å². The van der Waals surface area contributed by atoms with E-state index in [4.69, 9.17) is 12.2 Å². The van der Waals surface area contributed by atoms with Gasteiger partial charge in [-0.25, -0.2) is 0 Å². The maximum absolute atomic E-state index is 5.41. The molecule has 0 bridgehead atoms. The van der Waals surface area contributed by atoms with Crippen molar-refractivity contribution in [3.05, 3.63) is 51.8 Å². The van der Waals surface area contributed by atoms with Crippen LogP contribution in [0.15, 0.2) is 30.3 Å². The molecule has 0 spiro atoms. The third-order valence-electron chi connectivity index (χ3n) is 3.02. The fourth-order valence-corrected chi connectivity index (χ4v) is 2.16. The van der Waals surface area contributed by atoms with Crippen molar-refractivity contribution in [2.45, 2.75) is 39.7 Å². The Morgan fingerprint density at radius 2 is 1.94 bits per heavy atom. The minimum atomic E-state index is 0.103. The lowest BCUT2D eigenvalue weighted by atomic mass is 9.93. The zero-order valence-corrected chi connectivity index (χ0v) is 12.3. The molecule has 1 aromatic heterocycles. The van der Waals surface area contributed by atoms with Gasteiger partial charge in [-0.1, -0.05) is 62.8 Å². The molecule has 0 saturated heterocycles. The van der Waals surface area contributed by atoms with E-state index >= 15 is 0 Å². The minimum absolute atomic E-state index is 0.103. The molecule has 1 N–H and O–H groups in total. The Labute approximate surface area is 114 Å². The fraction of sp³-hybridized carbons (Fsp3) is 0.400. The molecule has 0 radical (unpaired) electrons. The number of rotatable bonds is 2. The normalized spacial score (nSPS) is 11.8. The molecule has 0 atom stereocenters. The molecule has 0 aliphatic rings. The van der Waals surface area contributed by atoms with E-state index in [1.807, 2.05) is 4.68 Å². The van der Waals surface area contributed by atoms with Gasteiger partial charge in [-0.15, -0.1) is 0 Å². The summed E-state index contributed by atoms with van der Waals surface area (Å²) in [4.78, 5) is 0. The van der Waals surface area contributed by atoms with Gasteiger partial charge in [0.2, 0.25) is 0 Å². The van der Waals surface area contributed by atoms with Gasteiger partial charge < -0.3 is 5.10 Å². The lowest BCUT2D eigenvalue weighted by molar-refractivity contribution is 0.544. The van der Waals surface area contributed by atoms with Gasteiger partial charge >= 0.3 is 0 Å². The Morgan fingerprint density at radius 1 is 1.22 bits per heavy atom. The van der Waals surface area contributed by atoms with Crippen molar-refractivity contribution in [1.82, 2.24) is 9.78 Å². The molecule has 18 heavy (non-hydrogen) atoms. The molecule has 2 nitrogen and oxygen atoms in total. The predicted molar refractivity (Wildman–Crippen MR) is 78.6 cm³/mol. The lowest BCUT2D eigenvalue weighted by Crippen LogP contribution is -2.13. The fourth-order valence-electron chi connectivity index (χ4n) is 1.93. The first-order valence-electron chi connectivity index (χ1n) is 6.22. The van der Waals surface area contributed by atoms with Crippen LogP contribution >= 0.6 is 12.2 Å². The van der Waals surface area contributed by atoms with Crippen LogP contribution in [-0.4, -0.2) is 9.78 Å². The summed E-state index contributed by atoms with van der Waals surface area (Å²) in [6.45, 7) is 9.47. The highest BCUT2D eigenvalue weighted by molar-refractivity contribution is 7.71. The number of nitrogens with zero attached hydrogens (tertiary/aromatic N) is 1. The highest BCUT2D eigenvalue weighted by atomic mass is 32.1. The first-order chi connectivity index (χ1) is 8.36. The van der Waals surface area contributed by atoms with E-state index in [2.05, 4.69) is 63.1 Å². The largest absolute Gasteiger partial charge is 0.301 e. The molecule has 1 heterocycles. The van der Waals surface area contributed by atoms with Gasteiger partial charge in [0.1, 0.15) is 4.64 Å². The number of nitrogens with one attached hydrogen (secondary N) is 1. The molecule has 0 aliphatic carbocycles. The van der Waals surface area contributed by atoms with Crippen molar-refractivity contribution in [2.24, 2.45) is 0 Å². The molecule has 3 heteroatoms. The predicted octanol–water partition coefficient (Wildman–Crippen LogP) is 4.20. The summed E-state index contributed by atoms with van der Waals surface area (Å²) >= 11 is 5.41. The summed E-state index contributed by atoms with van der Waals surface area (Å²) in [5, 5.41) is 3.40. The van der Waals surface area contributed by atoms with E-state index in [1.165, 1.54) is 16.8 Å². The van der Waals surface area contributed by atoms with Crippen molar-refractivity contribution >= 4 is 12.2 Å². The Balaban J connectivity index is 2.30. The number of benzene rings is 1. The lowest BCUT2D eigenvalue weighted by Gasteiger charge is -2.15. The van der Waals surface area contributed by atoms with Crippen molar-refractivity contribution in [1.29, 1.82) is 0 Å². The molecule has 96 valence electrons. The number of H-pyrrole nitrogens is 1. The van der Waals surface area contributed by atoms with Crippen LogP contribution in [-0.2, 0) is 12.0 Å². The standard InChI is InChI=1S/C15H20N2S/c1-11-6-5-7-12(8-11)10-17-14(18)9-13(16-17)15(2,3)4/h5-9,16H,10H2,1-4H3. The van der Waals surface area contributed by atoms with Crippen LogP contribution in [0.1, 0.15) is 37.6 Å². The van der Waals surface area contributed by atoms with E-state index in [0.717, 1.165) is 11.2 Å². The van der Waals surface area contributed by atoms with Crippen molar-refractivity contribution in [3.63, 3.8) is 0 Å². The van der Waals surface area contributed by atoms with Crippen LogP contribution in [0.25, 0.3) is 0 Å². The summed E-state index contributed by atoms with van der Waals surface area (Å²) in [5.41, 5.74) is 3.83. The Bertz CT molecular complexity index is 599. The molecule has 0 amide bonds. The van der Waals surface area contributed by atoms with Crippen LogP contribution in [0.4, 0.5) is 0 Å². The van der Waals surface area contributed by atoms with Gasteiger partial charge in [0.05, 0.1) is 6.54 Å². The van der Waals surface area contributed by atoms with Gasteiger partial charge in [0.25, 0.3) is 0 Å². The maximum Gasteiger partial charge on any atom is 0.122 e. The molecule has 0 unspecified atom stereocenters. The Kier molecular flexibility index (Phi) is 3.44. The number of aromatic nitrogens is 2. The minimum Gasteiger partial charge on any atom is -0.301 e. The second kappa shape index (κ2) is 4.73. The molecule has 1 aromatic carbocycles. The summed E-state index contributed by atoms with van der Waals surface area (Å²) in [6.07, 6.45) is 0. The van der Waals surface area contributed by atoms with E-state index in [9.17, 15) is 0 Å². The van der Waals surface area contributed by atoms with Gasteiger partial charge in [-0.05, 0) is 18.6 Å². The van der Waals surface area contributed by atoms with Gasteiger partial charge in [0.15, 0.2) is 0 Å². The topological polar surface area (TPSA) is 20.7 Å². The smallest absolute Gasteiger partial charge is 0.122 e. The van der Waals surface area contributed by atoms with Gasteiger partial charge in [0, 0.05) is 11.1 Å². The molecule has 0 saturated carbocycles. The van der Waals surface area contributed by atoms with E-state index < -0.39 is 0 Å². The first-order valence-corrected chi connectivity index (χ1v) is 6.63. The molecular weight excluding hydrogens is 240 g/mol. The Hall–Kier alpha value is -1.35. The highest BCUT2D eigenvalue weighted by Crippen LogP contribution is 2.20. The monoisotopic (exact) mass is 260 g/mol. The van der Waals surface area contributed by atoms with Gasteiger partial charge in [-0.3, -0.25) is 4.68 Å². The SMILES string of the molecule is Cc1cccc(Cn2[nH]c(C(C)(C)C)cc2=S)c1. The second-order valence-corrected chi connectivity index (χ2v) is 6.25. The average Bonchev–Trinajstić information content (AvgIpc) is 2.60. The zero-order chi connectivity index (χ0) is 13.3. The molecule has 2 rings (SSSR count). The van der Waals surface area contributed by atoms with E-state index in [-0.39, 0.29) is 5.41 Å². The summed E-state index contributed by atoms with van der Waals surface area (Å²) in [7, 11) is 0. The second-order valence-electron chi connectivity index (χ2n) is 5.83. The van der Waals surface area contributed by atoms with Crippen molar-refractivity contribution in [2.75, 3.05) is 0 Å². The molecule has 0 fully saturated rings. The zero-order valence-electron chi connectivity index (χ0n) is 11.4. The third-order valence-corrected chi connectivity index (χ3v) is 3.36. The number of hydrogen-bond acceptors (Lipinski definition) is 1. The number of aromatic amines is 1. The number of aryl methyl sites for hydroxylation is 1. The number of hydrogen-bond donors (Lipinski definition) is 1. The first kappa shape index (κ1) is 13.1. The quantitative estimate of drug-likeness (QED) is 0.803. The van der Waals surface area contributed by atoms with E-state index in [0.29, 0.717) is 0 Å². The van der Waals surface area contributed by atoms with Crippen LogP contribution in [0.5, 0.6) is 0 Å².